The molecule has 1 saturated heterocycles. The molecule has 0 bridgehead atoms. The number of rotatable bonds is 6. The van der Waals surface area contributed by atoms with Gasteiger partial charge in [0.2, 0.25) is 0 Å². The van der Waals surface area contributed by atoms with Crippen molar-refractivity contribution < 1.29 is 0 Å². The first-order chi connectivity index (χ1) is 16.7. The lowest BCUT2D eigenvalue weighted by atomic mass is 10.00. The average Bonchev–Trinajstić information content (AvgIpc) is 2.92. The number of piperazine rings is 1. The van der Waals surface area contributed by atoms with Crippen molar-refractivity contribution in [1.29, 1.82) is 0 Å². The number of hydrogen-bond donors (Lipinski definition) is 0. The van der Waals surface area contributed by atoms with E-state index in [1.807, 2.05) is 18.5 Å². The molecule has 0 unspecified atom stereocenters. The van der Waals surface area contributed by atoms with E-state index in [-0.39, 0.29) is 0 Å². The Bertz CT molecular complexity index is 1300. The van der Waals surface area contributed by atoms with E-state index in [9.17, 15) is 0 Å². The topological polar surface area (TPSA) is 32.3 Å². The van der Waals surface area contributed by atoms with Crippen molar-refractivity contribution in [2.75, 3.05) is 31.1 Å². The maximum atomic E-state index is 4.72. The summed E-state index contributed by atoms with van der Waals surface area (Å²) >= 11 is 0. The Labute approximate surface area is 202 Å². The maximum Gasteiger partial charge on any atom is 0.0780 e. The van der Waals surface area contributed by atoms with Crippen LogP contribution in [0.25, 0.3) is 27.7 Å². The van der Waals surface area contributed by atoms with Crippen molar-refractivity contribution in [3.05, 3.63) is 96.5 Å². The Balaban J connectivity index is 1.27. The minimum atomic E-state index is 0.963. The van der Waals surface area contributed by atoms with Gasteiger partial charge in [-0.2, -0.15) is 0 Å². The smallest absolute Gasteiger partial charge is 0.0780 e. The molecule has 2 aromatic heterocycles. The molecular formula is C30H32N4. The van der Waals surface area contributed by atoms with Gasteiger partial charge in [-0.25, -0.2) is 0 Å². The lowest BCUT2D eigenvalue weighted by molar-refractivity contribution is 0.368. The molecule has 34 heavy (non-hydrogen) atoms. The highest BCUT2D eigenvalue weighted by Crippen LogP contribution is 2.29. The fraction of sp³-hybridized carbons (Fsp3) is 0.267. The van der Waals surface area contributed by atoms with Gasteiger partial charge in [-0.1, -0.05) is 69.0 Å². The fourth-order valence-electron chi connectivity index (χ4n) is 4.92. The van der Waals surface area contributed by atoms with Crippen LogP contribution in [0.5, 0.6) is 0 Å². The number of para-hydroxylation sites is 1. The molecule has 1 aliphatic rings. The zero-order valence-corrected chi connectivity index (χ0v) is 20.2. The normalized spacial score (nSPS) is 13.9. The summed E-state index contributed by atoms with van der Waals surface area (Å²) in [6, 6.07) is 21.5. The quantitative estimate of drug-likeness (QED) is 0.351. The van der Waals surface area contributed by atoms with Crippen LogP contribution in [-0.2, 0) is 12.8 Å². The van der Waals surface area contributed by atoms with Crippen LogP contribution in [0.4, 0.5) is 5.69 Å². The molecule has 4 nitrogen and oxygen atoms in total. The Morgan fingerprint density at radius 2 is 1.65 bits per heavy atom. The molecule has 0 N–H and O–H groups in total. The van der Waals surface area contributed by atoms with E-state index in [0.717, 1.165) is 61.2 Å². The summed E-state index contributed by atoms with van der Waals surface area (Å²) in [7, 11) is 0. The van der Waals surface area contributed by atoms with E-state index in [1.165, 1.54) is 28.1 Å². The minimum absolute atomic E-state index is 0.963. The van der Waals surface area contributed by atoms with Gasteiger partial charge in [0.25, 0.3) is 0 Å². The molecule has 4 aromatic rings. The lowest BCUT2D eigenvalue weighted by Crippen LogP contribution is -2.45. The molecule has 4 heteroatoms. The molecule has 0 atom stereocenters. The van der Waals surface area contributed by atoms with Crippen molar-refractivity contribution >= 4 is 22.3 Å². The molecule has 172 valence electrons. The highest BCUT2D eigenvalue weighted by atomic mass is 15.3. The van der Waals surface area contributed by atoms with Gasteiger partial charge in [-0.15, -0.1) is 0 Å². The van der Waals surface area contributed by atoms with Crippen LogP contribution in [0.1, 0.15) is 30.7 Å². The van der Waals surface area contributed by atoms with Crippen molar-refractivity contribution in [3.63, 3.8) is 0 Å². The highest BCUT2D eigenvalue weighted by Gasteiger charge is 2.20. The summed E-state index contributed by atoms with van der Waals surface area (Å²) in [5, 5.41) is 1.16. The third-order valence-corrected chi connectivity index (χ3v) is 6.95. The Kier molecular flexibility index (Phi) is 6.31. The average molecular weight is 449 g/mol. The molecular weight excluding hydrogens is 416 g/mol. The van der Waals surface area contributed by atoms with Crippen LogP contribution >= 0.6 is 0 Å². The number of hydrogen-bond acceptors (Lipinski definition) is 4. The number of nitrogens with zero attached hydrogens (tertiary/aromatic N) is 4. The van der Waals surface area contributed by atoms with Gasteiger partial charge in [-0.05, 0) is 41.7 Å². The summed E-state index contributed by atoms with van der Waals surface area (Å²) in [6.07, 6.45) is 5.93. The second-order valence-corrected chi connectivity index (χ2v) is 8.89. The zero-order valence-electron chi connectivity index (χ0n) is 20.2. The maximum absolute atomic E-state index is 4.72. The van der Waals surface area contributed by atoms with Crippen LogP contribution in [0.2, 0.25) is 0 Å². The molecule has 1 fully saturated rings. The van der Waals surface area contributed by atoms with Gasteiger partial charge in [0.1, 0.15) is 0 Å². The van der Waals surface area contributed by atoms with Crippen LogP contribution in [-0.4, -0.2) is 41.0 Å². The summed E-state index contributed by atoms with van der Waals surface area (Å²) in [4.78, 5) is 14.2. The first-order valence-electron chi connectivity index (χ1n) is 12.3. The predicted molar refractivity (Wildman–Crippen MR) is 143 cm³/mol. The zero-order chi connectivity index (χ0) is 23.5. The lowest BCUT2D eigenvalue weighted by Gasteiger charge is -2.38. The van der Waals surface area contributed by atoms with Crippen LogP contribution in [0, 0.1) is 0 Å². The largest absolute Gasteiger partial charge is 0.368 e. The Hall–Kier alpha value is -3.66. The fourth-order valence-corrected chi connectivity index (χ4v) is 4.92. The molecule has 0 amide bonds. The van der Waals surface area contributed by atoms with Crippen LogP contribution in [0.15, 0.2) is 79.6 Å². The number of aryl methyl sites for hydroxylation is 2. The highest BCUT2D eigenvalue weighted by molar-refractivity contribution is 5.93. The molecule has 0 radical (unpaired) electrons. The van der Waals surface area contributed by atoms with Gasteiger partial charge in [0.15, 0.2) is 0 Å². The Morgan fingerprint density at radius 1 is 0.882 bits per heavy atom. The van der Waals surface area contributed by atoms with E-state index >= 15 is 0 Å². The predicted octanol–water partition coefficient (Wildman–Crippen LogP) is 6.21. The van der Waals surface area contributed by atoms with Crippen molar-refractivity contribution in [1.82, 2.24) is 14.9 Å². The second kappa shape index (κ2) is 9.68. The van der Waals surface area contributed by atoms with Gasteiger partial charge in [-0.3, -0.25) is 9.97 Å². The number of aromatic nitrogens is 2. The minimum Gasteiger partial charge on any atom is -0.368 e. The summed E-state index contributed by atoms with van der Waals surface area (Å²) < 4.78 is 0. The van der Waals surface area contributed by atoms with E-state index in [2.05, 4.69) is 89.8 Å². The van der Waals surface area contributed by atoms with E-state index in [4.69, 9.17) is 4.98 Å². The van der Waals surface area contributed by atoms with Gasteiger partial charge >= 0.3 is 0 Å². The van der Waals surface area contributed by atoms with Gasteiger partial charge in [0, 0.05) is 54.7 Å². The van der Waals surface area contributed by atoms with Crippen molar-refractivity contribution in [3.8, 4) is 11.1 Å². The molecule has 2 aromatic carbocycles. The molecule has 0 aliphatic carbocycles. The number of benzene rings is 2. The third-order valence-electron chi connectivity index (χ3n) is 6.95. The van der Waals surface area contributed by atoms with E-state index in [1.54, 1.807) is 0 Å². The monoisotopic (exact) mass is 448 g/mol. The Morgan fingerprint density at radius 3 is 2.38 bits per heavy atom. The molecule has 0 spiro atoms. The number of anilines is 1. The second-order valence-electron chi connectivity index (χ2n) is 8.89. The molecule has 1 aliphatic heterocycles. The van der Waals surface area contributed by atoms with Gasteiger partial charge in [0.05, 0.1) is 17.4 Å². The van der Waals surface area contributed by atoms with Crippen LogP contribution < -0.4 is 4.90 Å². The standard InChI is InChI=1S/C30H32N4/c1-4-23-20-27(21-32-29(23)5-2)34-18-16-33(17-19-34)22(3)24-11-13-25(14-12-24)28-10-6-8-26-9-7-15-31-30(26)28/h6-15,20-21H,3-5,16-19H2,1-2H3. The summed E-state index contributed by atoms with van der Waals surface area (Å²) in [5.74, 6) is 0. The summed E-state index contributed by atoms with van der Waals surface area (Å²) in [6.45, 7) is 12.7. The third kappa shape index (κ3) is 4.28. The molecule has 3 heterocycles. The van der Waals surface area contributed by atoms with E-state index < -0.39 is 0 Å². The first-order valence-corrected chi connectivity index (χ1v) is 12.3. The number of fused-ring (bicyclic) bond motifs is 1. The molecule has 0 saturated carbocycles. The summed E-state index contributed by atoms with van der Waals surface area (Å²) in [5.41, 5.74) is 9.49. The molecule has 5 rings (SSSR count). The SMILES string of the molecule is C=C(c1ccc(-c2cccc3cccnc23)cc1)N1CCN(c2cnc(CC)c(CC)c2)CC1. The van der Waals surface area contributed by atoms with Crippen molar-refractivity contribution in [2.45, 2.75) is 26.7 Å². The number of pyridine rings is 2. The van der Waals surface area contributed by atoms with Crippen LogP contribution in [0.3, 0.4) is 0 Å². The van der Waals surface area contributed by atoms with Gasteiger partial charge < -0.3 is 9.80 Å². The van der Waals surface area contributed by atoms with Crippen molar-refractivity contribution in [2.24, 2.45) is 0 Å². The van der Waals surface area contributed by atoms with E-state index in [0.29, 0.717) is 0 Å². The first kappa shape index (κ1) is 22.1.